The number of rotatable bonds is 5. The normalized spacial score (nSPS) is 11.3. The molecule has 0 aliphatic heterocycles. The van der Waals surface area contributed by atoms with Gasteiger partial charge in [0, 0.05) is 0 Å². The molecule has 122 valence electrons. The zero-order valence-electron chi connectivity index (χ0n) is 14.2. The molecule has 0 radical (unpaired) electrons. The highest BCUT2D eigenvalue weighted by atomic mass is 16.5. The molecule has 2 rings (SSSR count). The van der Waals surface area contributed by atoms with Crippen LogP contribution in [0.3, 0.4) is 0 Å². The van der Waals surface area contributed by atoms with Gasteiger partial charge in [-0.25, -0.2) is 4.79 Å². The molecule has 0 spiro atoms. The lowest BCUT2D eigenvalue weighted by Gasteiger charge is -2.25. The Morgan fingerprint density at radius 3 is 2.22 bits per heavy atom. The van der Waals surface area contributed by atoms with Gasteiger partial charge in [0.15, 0.2) is 0 Å². The fourth-order valence-corrected chi connectivity index (χ4v) is 3.05. The van der Waals surface area contributed by atoms with Gasteiger partial charge in [-0.05, 0) is 47.1 Å². The van der Waals surface area contributed by atoms with E-state index in [0.717, 1.165) is 35.3 Å². The number of hydrogen-bond donors (Lipinski definition) is 1. The third kappa shape index (κ3) is 3.92. The number of hydrogen-bond acceptors (Lipinski definition) is 2. The van der Waals surface area contributed by atoms with Gasteiger partial charge in [0.2, 0.25) is 0 Å². The van der Waals surface area contributed by atoms with E-state index in [1.54, 1.807) is 13.2 Å². The van der Waals surface area contributed by atoms with Crippen LogP contribution in [0, 0.1) is 0 Å². The summed E-state index contributed by atoms with van der Waals surface area (Å²) >= 11 is 0. The Balaban J connectivity index is 2.37. The van der Waals surface area contributed by atoms with Gasteiger partial charge >= 0.3 is 5.97 Å². The Labute approximate surface area is 137 Å². The maximum absolute atomic E-state index is 11.6. The number of carbonyl (C=O) groups is 1. The second-order valence-corrected chi connectivity index (χ2v) is 6.71. The molecule has 2 aromatic rings. The number of aryl methyl sites for hydroxylation is 2. The van der Waals surface area contributed by atoms with E-state index in [1.165, 1.54) is 0 Å². The van der Waals surface area contributed by atoms with Crippen LogP contribution in [0.25, 0.3) is 0 Å². The summed E-state index contributed by atoms with van der Waals surface area (Å²) in [5, 5.41) is 9.50. The average molecular weight is 312 g/mol. The molecule has 2 aromatic carbocycles. The summed E-state index contributed by atoms with van der Waals surface area (Å²) in [6, 6.07) is 13.5. The number of methoxy groups -OCH3 is 1. The summed E-state index contributed by atoms with van der Waals surface area (Å²) in [5.74, 6) is 0.00765. The molecular formula is C20H24O3. The zero-order valence-corrected chi connectivity index (χ0v) is 14.2. The van der Waals surface area contributed by atoms with Gasteiger partial charge in [0.25, 0.3) is 0 Å². The van der Waals surface area contributed by atoms with Crippen molar-refractivity contribution >= 4 is 5.97 Å². The van der Waals surface area contributed by atoms with Crippen molar-refractivity contribution in [2.24, 2.45) is 0 Å². The van der Waals surface area contributed by atoms with Gasteiger partial charge in [-0.1, -0.05) is 51.1 Å². The second kappa shape index (κ2) is 6.86. The molecule has 1 N–H and O–H groups in total. The van der Waals surface area contributed by atoms with E-state index in [4.69, 9.17) is 4.74 Å². The molecule has 0 heterocycles. The molecule has 0 saturated heterocycles. The predicted octanol–water partition coefficient (Wildman–Crippen LogP) is 4.48. The van der Waals surface area contributed by atoms with E-state index in [1.807, 2.05) is 30.3 Å². The number of aromatic carboxylic acids is 1. The molecule has 0 saturated carbocycles. The third-order valence-electron chi connectivity index (χ3n) is 3.99. The molecule has 0 aliphatic rings. The summed E-state index contributed by atoms with van der Waals surface area (Å²) in [4.78, 5) is 11.6. The second-order valence-electron chi connectivity index (χ2n) is 6.71. The number of benzene rings is 2. The van der Waals surface area contributed by atoms with Crippen LogP contribution in [0.4, 0.5) is 0 Å². The van der Waals surface area contributed by atoms with Crippen LogP contribution in [0.15, 0.2) is 42.5 Å². The van der Waals surface area contributed by atoms with E-state index in [-0.39, 0.29) is 5.41 Å². The van der Waals surface area contributed by atoms with Crippen LogP contribution in [0.2, 0.25) is 0 Å². The molecule has 0 aromatic heterocycles. The van der Waals surface area contributed by atoms with Gasteiger partial charge < -0.3 is 9.84 Å². The Bertz CT molecular complexity index is 696. The van der Waals surface area contributed by atoms with Gasteiger partial charge in [-0.15, -0.1) is 0 Å². The first-order valence-electron chi connectivity index (χ1n) is 7.82. The average Bonchev–Trinajstić information content (AvgIpc) is 2.51. The number of carboxylic acid groups (broad SMARTS) is 1. The molecule has 0 amide bonds. The number of carboxylic acids is 1. The minimum atomic E-state index is -0.867. The number of ether oxygens (including phenoxy) is 1. The fraction of sp³-hybridized carbons (Fsp3) is 0.350. The Morgan fingerprint density at radius 1 is 1.00 bits per heavy atom. The van der Waals surface area contributed by atoms with Crippen LogP contribution in [-0.4, -0.2) is 18.2 Å². The lowest BCUT2D eigenvalue weighted by Crippen LogP contribution is -2.20. The van der Waals surface area contributed by atoms with E-state index < -0.39 is 5.97 Å². The Kier molecular flexibility index (Phi) is 5.09. The van der Waals surface area contributed by atoms with E-state index in [2.05, 4.69) is 26.8 Å². The summed E-state index contributed by atoms with van der Waals surface area (Å²) in [6.45, 7) is 6.17. The van der Waals surface area contributed by atoms with Crippen molar-refractivity contribution in [1.82, 2.24) is 0 Å². The quantitative estimate of drug-likeness (QED) is 0.885. The fourth-order valence-electron chi connectivity index (χ4n) is 3.05. The minimum absolute atomic E-state index is 0.217. The Morgan fingerprint density at radius 2 is 1.61 bits per heavy atom. The molecule has 0 fully saturated rings. The first kappa shape index (κ1) is 17.1. The van der Waals surface area contributed by atoms with Crippen molar-refractivity contribution in [1.29, 1.82) is 0 Å². The van der Waals surface area contributed by atoms with Crippen molar-refractivity contribution in [3.63, 3.8) is 0 Å². The van der Waals surface area contributed by atoms with Crippen LogP contribution in [-0.2, 0) is 18.3 Å². The minimum Gasteiger partial charge on any atom is -0.496 e. The summed E-state index contributed by atoms with van der Waals surface area (Å²) in [5.41, 5.74) is 3.32. The third-order valence-corrected chi connectivity index (χ3v) is 3.99. The molecular weight excluding hydrogens is 288 g/mol. The smallest absolute Gasteiger partial charge is 0.335 e. The van der Waals surface area contributed by atoms with Crippen LogP contribution in [0.5, 0.6) is 5.75 Å². The van der Waals surface area contributed by atoms with Crippen molar-refractivity contribution in [2.75, 3.05) is 7.11 Å². The maximum Gasteiger partial charge on any atom is 0.335 e. The highest BCUT2D eigenvalue weighted by Gasteiger charge is 2.24. The van der Waals surface area contributed by atoms with Gasteiger partial charge in [0.1, 0.15) is 5.75 Å². The molecule has 0 bridgehead atoms. The monoisotopic (exact) mass is 312 g/mol. The molecule has 23 heavy (non-hydrogen) atoms. The molecule has 0 atom stereocenters. The lowest BCUT2D eigenvalue weighted by atomic mass is 9.79. The lowest BCUT2D eigenvalue weighted by molar-refractivity contribution is 0.0694. The molecule has 0 aliphatic carbocycles. The SMILES string of the molecule is COc1ccccc1CCc1cccc(C(=O)O)c1C(C)(C)C. The molecule has 3 nitrogen and oxygen atoms in total. The Hall–Kier alpha value is -2.29. The molecule has 0 unspecified atom stereocenters. The van der Waals surface area contributed by atoms with Crippen LogP contribution < -0.4 is 4.74 Å². The van der Waals surface area contributed by atoms with Gasteiger partial charge in [-0.2, -0.15) is 0 Å². The highest BCUT2D eigenvalue weighted by Crippen LogP contribution is 2.31. The standard InChI is InChI=1S/C20H24O3/c1-20(2,3)18-15(9-7-10-16(18)19(21)22)13-12-14-8-5-6-11-17(14)23-4/h5-11H,12-13H2,1-4H3,(H,21,22). The van der Waals surface area contributed by atoms with Crippen LogP contribution in [0.1, 0.15) is 47.8 Å². The summed E-state index contributed by atoms with van der Waals surface area (Å²) in [6.07, 6.45) is 1.60. The van der Waals surface area contributed by atoms with E-state index >= 15 is 0 Å². The first-order valence-corrected chi connectivity index (χ1v) is 7.82. The van der Waals surface area contributed by atoms with Crippen molar-refractivity contribution < 1.29 is 14.6 Å². The van der Waals surface area contributed by atoms with Crippen molar-refractivity contribution in [3.8, 4) is 5.75 Å². The molecule has 3 heteroatoms. The number of para-hydroxylation sites is 1. The highest BCUT2D eigenvalue weighted by molar-refractivity contribution is 5.90. The van der Waals surface area contributed by atoms with E-state index in [0.29, 0.717) is 5.56 Å². The predicted molar refractivity (Wildman–Crippen MR) is 92.5 cm³/mol. The van der Waals surface area contributed by atoms with E-state index in [9.17, 15) is 9.90 Å². The first-order chi connectivity index (χ1) is 10.8. The largest absolute Gasteiger partial charge is 0.496 e. The van der Waals surface area contributed by atoms with Crippen molar-refractivity contribution in [2.45, 2.75) is 39.0 Å². The van der Waals surface area contributed by atoms with Gasteiger partial charge in [0.05, 0.1) is 12.7 Å². The maximum atomic E-state index is 11.6. The summed E-state index contributed by atoms with van der Waals surface area (Å²) in [7, 11) is 1.67. The zero-order chi connectivity index (χ0) is 17.0. The van der Waals surface area contributed by atoms with Gasteiger partial charge in [-0.3, -0.25) is 0 Å². The topological polar surface area (TPSA) is 46.5 Å². The van der Waals surface area contributed by atoms with Crippen molar-refractivity contribution in [3.05, 3.63) is 64.7 Å². The summed E-state index contributed by atoms with van der Waals surface area (Å²) < 4.78 is 5.40. The van der Waals surface area contributed by atoms with Crippen LogP contribution >= 0.6 is 0 Å².